The Morgan fingerprint density at radius 3 is 2.83 bits per heavy atom. The minimum atomic E-state index is 0.436. The average molecular weight is 170 g/mol. The van der Waals surface area contributed by atoms with Crippen molar-refractivity contribution in [2.45, 2.75) is 39.2 Å². The first-order valence-electron chi connectivity index (χ1n) is 5.16. The monoisotopic (exact) mass is 170 g/mol. The molecule has 2 N–H and O–H groups in total. The molecule has 12 heavy (non-hydrogen) atoms. The van der Waals surface area contributed by atoms with Crippen LogP contribution in [-0.2, 0) is 0 Å². The van der Waals surface area contributed by atoms with Crippen LogP contribution in [-0.4, -0.2) is 30.6 Å². The normalized spacial score (nSPS) is 26.5. The first kappa shape index (κ1) is 10.0. The summed E-state index contributed by atoms with van der Waals surface area (Å²) >= 11 is 0. The van der Waals surface area contributed by atoms with Gasteiger partial charge in [-0.1, -0.05) is 13.8 Å². The molecule has 0 spiro atoms. The molecule has 0 amide bonds. The van der Waals surface area contributed by atoms with Crippen LogP contribution in [0, 0.1) is 5.92 Å². The molecule has 0 aromatic rings. The van der Waals surface area contributed by atoms with Gasteiger partial charge in [-0.05, 0) is 38.3 Å². The molecular formula is C10H22N2. The summed E-state index contributed by atoms with van der Waals surface area (Å²) in [5, 5.41) is 0. The Hall–Kier alpha value is -0.0800. The second-order valence-electron chi connectivity index (χ2n) is 4.39. The zero-order valence-corrected chi connectivity index (χ0v) is 8.42. The van der Waals surface area contributed by atoms with E-state index < -0.39 is 0 Å². The van der Waals surface area contributed by atoms with Crippen molar-refractivity contribution in [3.8, 4) is 0 Å². The van der Waals surface area contributed by atoms with Gasteiger partial charge in [-0.15, -0.1) is 0 Å². The van der Waals surface area contributed by atoms with E-state index in [2.05, 4.69) is 18.7 Å². The lowest BCUT2D eigenvalue weighted by Crippen LogP contribution is -2.43. The molecular weight excluding hydrogens is 148 g/mol. The number of hydrogen-bond donors (Lipinski definition) is 1. The smallest absolute Gasteiger partial charge is 0.0168 e. The highest BCUT2D eigenvalue weighted by molar-refractivity contribution is 4.74. The third-order valence-electron chi connectivity index (χ3n) is 2.56. The molecule has 1 saturated heterocycles. The molecule has 0 unspecified atom stereocenters. The van der Waals surface area contributed by atoms with E-state index in [1.54, 1.807) is 0 Å². The Balaban J connectivity index is 2.14. The molecule has 1 atom stereocenters. The van der Waals surface area contributed by atoms with Gasteiger partial charge in [0, 0.05) is 12.6 Å². The second kappa shape index (κ2) is 4.83. The van der Waals surface area contributed by atoms with E-state index in [4.69, 9.17) is 5.73 Å². The molecule has 1 rings (SSSR count). The van der Waals surface area contributed by atoms with Crippen molar-refractivity contribution in [3.05, 3.63) is 0 Å². The van der Waals surface area contributed by atoms with E-state index in [0.717, 1.165) is 12.5 Å². The number of nitrogens with zero attached hydrogens (tertiary/aromatic N) is 1. The Bertz CT molecular complexity index is 123. The van der Waals surface area contributed by atoms with E-state index in [1.165, 1.54) is 32.4 Å². The molecule has 1 aliphatic rings. The van der Waals surface area contributed by atoms with Crippen molar-refractivity contribution >= 4 is 0 Å². The largest absolute Gasteiger partial charge is 0.327 e. The quantitative estimate of drug-likeness (QED) is 0.694. The van der Waals surface area contributed by atoms with Gasteiger partial charge in [-0.3, -0.25) is 0 Å². The zero-order chi connectivity index (χ0) is 8.97. The molecule has 0 bridgehead atoms. The SMILES string of the molecule is CC(C)CCN1CCC[C@@H](N)C1. The highest BCUT2D eigenvalue weighted by atomic mass is 15.1. The maximum atomic E-state index is 5.89. The van der Waals surface area contributed by atoms with E-state index in [9.17, 15) is 0 Å². The summed E-state index contributed by atoms with van der Waals surface area (Å²) in [7, 11) is 0. The van der Waals surface area contributed by atoms with Crippen LogP contribution in [0.2, 0.25) is 0 Å². The molecule has 72 valence electrons. The van der Waals surface area contributed by atoms with Gasteiger partial charge in [0.1, 0.15) is 0 Å². The minimum absolute atomic E-state index is 0.436. The number of hydrogen-bond acceptors (Lipinski definition) is 2. The summed E-state index contributed by atoms with van der Waals surface area (Å²) < 4.78 is 0. The van der Waals surface area contributed by atoms with Crippen molar-refractivity contribution in [2.75, 3.05) is 19.6 Å². The summed E-state index contributed by atoms with van der Waals surface area (Å²) in [5.41, 5.74) is 5.89. The topological polar surface area (TPSA) is 29.3 Å². The van der Waals surface area contributed by atoms with Crippen LogP contribution in [0.5, 0.6) is 0 Å². The second-order valence-corrected chi connectivity index (χ2v) is 4.39. The Morgan fingerprint density at radius 2 is 2.25 bits per heavy atom. The van der Waals surface area contributed by atoms with Gasteiger partial charge in [0.2, 0.25) is 0 Å². The van der Waals surface area contributed by atoms with Crippen molar-refractivity contribution in [1.29, 1.82) is 0 Å². The highest BCUT2D eigenvalue weighted by Crippen LogP contribution is 2.10. The average Bonchev–Trinajstić information content (AvgIpc) is 2.01. The maximum absolute atomic E-state index is 5.89. The van der Waals surface area contributed by atoms with Crippen LogP contribution in [0.25, 0.3) is 0 Å². The fourth-order valence-electron chi connectivity index (χ4n) is 1.74. The van der Waals surface area contributed by atoms with Crippen LogP contribution < -0.4 is 5.73 Å². The number of likely N-dealkylation sites (tertiary alicyclic amines) is 1. The third kappa shape index (κ3) is 3.55. The molecule has 1 aliphatic heterocycles. The summed E-state index contributed by atoms with van der Waals surface area (Å²) in [5.74, 6) is 0.822. The van der Waals surface area contributed by atoms with Gasteiger partial charge in [-0.25, -0.2) is 0 Å². The zero-order valence-electron chi connectivity index (χ0n) is 8.42. The standard InChI is InChI=1S/C10H22N2/c1-9(2)5-7-12-6-3-4-10(11)8-12/h9-10H,3-8,11H2,1-2H3/t10-/m1/s1. The predicted octanol–water partition coefficient (Wildman–Crippen LogP) is 1.46. The summed E-state index contributed by atoms with van der Waals surface area (Å²) in [6, 6.07) is 0.436. The fraction of sp³-hybridized carbons (Fsp3) is 1.00. The number of piperidine rings is 1. The predicted molar refractivity (Wildman–Crippen MR) is 53.1 cm³/mol. The Kier molecular flexibility index (Phi) is 4.02. The summed E-state index contributed by atoms with van der Waals surface area (Å²) in [4.78, 5) is 2.51. The lowest BCUT2D eigenvalue weighted by Gasteiger charge is -2.31. The summed E-state index contributed by atoms with van der Waals surface area (Å²) in [6.45, 7) is 8.19. The van der Waals surface area contributed by atoms with Crippen LogP contribution in [0.3, 0.4) is 0 Å². The summed E-state index contributed by atoms with van der Waals surface area (Å²) in [6.07, 6.45) is 3.82. The Labute approximate surface area is 76.1 Å². The van der Waals surface area contributed by atoms with E-state index in [0.29, 0.717) is 6.04 Å². The molecule has 0 aliphatic carbocycles. The maximum Gasteiger partial charge on any atom is 0.0168 e. The van der Waals surface area contributed by atoms with E-state index >= 15 is 0 Å². The van der Waals surface area contributed by atoms with Gasteiger partial charge in [0.05, 0.1) is 0 Å². The molecule has 1 fully saturated rings. The lowest BCUT2D eigenvalue weighted by atomic mass is 10.1. The van der Waals surface area contributed by atoms with Crippen LogP contribution >= 0.6 is 0 Å². The van der Waals surface area contributed by atoms with Crippen molar-refractivity contribution in [1.82, 2.24) is 4.90 Å². The molecule has 0 radical (unpaired) electrons. The van der Waals surface area contributed by atoms with Crippen LogP contribution in [0.15, 0.2) is 0 Å². The molecule has 0 aromatic heterocycles. The van der Waals surface area contributed by atoms with Crippen molar-refractivity contribution in [3.63, 3.8) is 0 Å². The molecule has 2 nitrogen and oxygen atoms in total. The first-order valence-corrected chi connectivity index (χ1v) is 5.16. The molecule has 0 saturated carbocycles. The van der Waals surface area contributed by atoms with Crippen molar-refractivity contribution < 1.29 is 0 Å². The lowest BCUT2D eigenvalue weighted by molar-refractivity contribution is 0.199. The fourth-order valence-corrected chi connectivity index (χ4v) is 1.74. The minimum Gasteiger partial charge on any atom is -0.327 e. The molecule has 1 heterocycles. The van der Waals surface area contributed by atoms with Crippen molar-refractivity contribution in [2.24, 2.45) is 11.7 Å². The first-order chi connectivity index (χ1) is 5.68. The van der Waals surface area contributed by atoms with Gasteiger partial charge >= 0.3 is 0 Å². The third-order valence-corrected chi connectivity index (χ3v) is 2.56. The Morgan fingerprint density at radius 1 is 1.50 bits per heavy atom. The van der Waals surface area contributed by atoms with Gasteiger partial charge in [0.15, 0.2) is 0 Å². The van der Waals surface area contributed by atoms with Crippen LogP contribution in [0.1, 0.15) is 33.1 Å². The van der Waals surface area contributed by atoms with E-state index in [1.807, 2.05) is 0 Å². The highest BCUT2D eigenvalue weighted by Gasteiger charge is 2.15. The number of nitrogens with two attached hydrogens (primary N) is 1. The molecule has 0 aromatic carbocycles. The van der Waals surface area contributed by atoms with Gasteiger partial charge in [-0.2, -0.15) is 0 Å². The van der Waals surface area contributed by atoms with Gasteiger partial charge in [0.25, 0.3) is 0 Å². The number of rotatable bonds is 3. The van der Waals surface area contributed by atoms with Gasteiger partial charge < -0.3 is 10.6 Å². The molecule has 2 heteroatoms. The van der Waals surface area contributed by atoms with Crippen LogP contribution in [0.4, 0.5) is 0 Å². The van der Waals surface area contributed by atoms with E-state index in [-0.39, 0.29) is 0 Å².